The molecule has 2 aromatic rings. The Morgan fingerprint density at radius 2 is 2.27 bits per heavy atom. The molecule has 0 saturated carbocycles. The minimum absolute atomic E-state index is 0.242. The molecule has 2 heterocycles. The molecule has 22 heavy (non-hydrogen) atoms. The van der Waals surface area contributed by atoms with Crippen molar-refractivity contribution in [2.45, 2.75) is 6.10 Å². The minimum Gasteiger partial charge on any atom is -0.442 e. The summed E-state index contributed by atoms with van der Waals surface area (Å²) in [6.45, 7) is 0.689. The number of rotatable bonds is 4. The van der Waals surface area contributed by atoms with E-state index < -0.39 is 0 Å². The lowest BCUT2D eigenvalue weighted by Gasteiger charge is -2.11. The van der Waals surface area contributed by atoms with Gasteiger partial charge in [-0.25, -0.2) is 4.79 Å². The van der Waals surface area contributed by atoms with E-state index in [1.54, 1.807) is 29.2 Å². The molecule has 1 saturated heterocycles. The van der Waals surface area contributed by atoms with Crippen molar-refractivity contribution in [3.63, 3.8) is 0 Å². The zero-order valence-electron chi connectivity index (χ0n) is 11.5. The van der Waals surface area contributed by atoms with E-state index >= 15 is 0 Å². The van der Waals surface area contributed by atoms with E-state index in [9.17, 15) is 9.59 Å². The standard InChI is InChI=1S/C15H13ClN2O3S/c16-11-4-1-3-10(7-11)14(19)17-8-12-9-18(15(20)21-12)13-5-2-6-22-13/h1-7,12H,8-9H2,(H,17,19). The molecule has 1 unspecified atom stereocenters. The second-order valence-corrected chi connectivity index (χ2v) is 6.15. The van der Waals surface area contributed by atoms with E-state index in [2.05, 4.69) is 5.32 Å². The fourth-order valence-electron chi connectivity index (χ4n) is 2.17. The normalized spacial score (nSPS) is 17.4. The molecule has 0 spiro atoms. The van der Waals surface area contributed by atoms with Crippen molar-refractivity contribution in [1.29, 1.82) is 0 Å². The van der Waals surface area contributed by atoms with Crippen LogP contribution in [-0.4, -0.2) is 31.2 Å². The van der Waals surface area contributed by atoms with Gasteiger partial charge in [0.1, 0.15) is 11.1 Å². The molecule has 1 fully saturated rings. The second kappa shape index (κ2) is 6.37. The van der Waals surface area contributed by atoms with E-state index in [1.165, 1.54) is 11.3 Å². The summed E-state index contributed by atoms with van der Waals surface area (Å²) >= 11 is 7.33. The van der Waals surface area contributed by atoms with Gasteiger partial charge in [0.2, 0.25) is 0 Å². The number of ether oxygens (including phenoxy) is 1. The molecule has 1 aromatic heterocycles. The van der Waals surface area contributed by atoms with Crippen LogP contribution in [0.15, 0.2) is 41.8 Å². The third-order valence-electron chi connectivity index (χ3n) is 3.22. The number of benzene rings is 1. The zero-order valence-corrected chi connectivity index (χ0v) is 13.1. The Bertz CT molecular complexity index is 690. The summed E-state index contributed by atoms with van der Waals surface area (Å²) in [6, 6.07) is 10.4. The number of hydrogen-bond acceptors (Lipinski definition) is 4. The van der Waals surface area contributed by atoms with E-state index in [4.69, 9.17) is 16.3 Å². The highest BCUT2D eigenvalue weighted by atomic mass is 35.5. The Hall–Kier alpha value is -2.05. The van der Waals surface area contributed by atoms with Crippen LogP contribution in [-0.2, 0) is 4.74 Å². The monoisotopic (exact) mass is 336 g/mol. The molecule has 3 rings (SSSR count). The van der Waals surface area contributed by atoms with Gasteiger partial charge in [0, 0.05) is 10.6 Å². The molecule has 1 aromatic carbocycles. The van der Waals surface area contributed by atoms with Crippen LogP contribution in [0.25, 0.3) is 0 Å². The smallest absolute Gasteiger partial charge is 0.415 e. The summed E-state index contributed by atoms with van der Waals surface area (Å²) in [5.41, 5.74) is 0.479. The number of nitrogens with one attached hydrogen (secondary N) is 1. The van der Waals surface area contributed by atoms with Crippen LogP contribution in [0.3, 0.4) is 0 Å². The zero-order chi connectivity index (χ0) is 15.5. The fourth-order valence-corrected chi connectivity index (χ4v) is 3.09. The molecule has 7 heteroatoms. The molecule has 1 N–H and O–H groups in total. The molecular formula is C15H13ClN2O3S. The molecule has 2 amide bonds. The van der Waals surface area contributed by atoms with Crippen LogP contribution in [0, 0.1) is 0 Å². The van der Waals surface area contributed by atoms with Crippen molar-refractivity contribution >= 4 is 39.9 Å². The third kappa shape index (κ3) is 3.23. The molecule has 0 radical (unpaired) electrons. The lowest BCUT2D eigenvalue weighted by molar-refractivity contribution is 0.0916. The predicted octanol–water partition coefficient (Wildman–Crippen LogP) is 3.16. The van der Waals surface area contributed by atoms with Crippen molar-refractivity contribution in [2.75, 3.05) is 18.0 Å². The van der Waals surface area contributed by atoms with Crippen molar-refractivity contribution in [3.8, 4) is 0 Å². The number of carbonyl (C=O) groups excluding carboxylic acids is 2. The van der Waals surface area contributed by atoms with Crippen LogP contribution in [0.5, 0.6) is 0 Å². The van der Waals surface area contributed by atoms with Crippen molar-refractivity contribution < 1.29 is 14.3 Å². The topological polar surface area (TPSA) is 58.6 Å². The lowest BCUT2D eigenvalue weighted by atomic mass is 10.2. The molecular weight excluding hydrogens is 324 g/mol. The molecule has 1 aliphatic rings. The first-order chi connectivity index (χ1) is 10.6. The lowest BCUT2D eigenvalue weighted by Crippen LogP contribution is -2.34. The van der Waals surface area contributed by atoms with Crippen LogP contribution in [0.4, 0.5) is 9.80 Å². The maximum Gasteiger partial charge on any atom is 0.415 e. The van der Waals surface area contributed by atoms with E-state index in [0.717, 1.165) is 5.00 Å². The maximum atomic E-state index is 12.0. The number of thiophene rings is 1. The summed E-state index contributed by atoms with van der Waals surface area (Å²) in [5, 5.41) is 6.00. The van der Waals surface area contributed by atoms with Crippen molar-refractivity contribution in [3.05, 3.63) is 52.4 Å². The number of cyclic esters (lactones) is 1. The van der Waals surface area contributed by atoms with Gasteiger partial charge in [-0.1, -0.05) is 17.7 Å². The number of carbonyl (C=O) groups is 2. The average molecular weight is 337 g/mol. The first-order valence-corrected chi connectivity index (χ1v) is 7.94. The van der Waals surface area contributed by atoms with Crippen LogP contribution < -0.4 is 10.2 Å². The molecule has 1 aliphatic heterocycles. The first kappa shape index (κ1) is 14.9. The van der Waals surface area contributed by atoms with Crippen LogP contribution >= 0.6 is 22.9 Å². The Morgan fingerprint density at radius 3 is 3.00 bits per heavy atom. The van der Waals surface area contributed by atoms with Gasteiger partial charge in [-0.15, -0.1) is 11.3 Å². The second-order valence-electron chi connectivity index (χ2n) is 4.79. The molecule has 0 bridgehead atoms. The van der Waals surface area contributed by atoms with Gasteiger partial charge in [0.15, 0.2) is 0 Å². The quantitative estimate of drug-likeness (QED) is 0.933. The van der Waals surface area contributed by atoms with Gasteiger partial charge >= 0.3 is 6.09 Å². The Balaban J connectivity index is 1.56. The summed E-state index contributed by atoms with van der Waals surface area (Å²) in [6.07, 6.45) is -0.748. The number of hydrogen-bond donors (Lipinski definition) is 1. The van der Waals surface area contributed by atoms with Gasteiger partial charge < -0.3 is 10.1 Å². The first-order valence-electron chi connectivity index (χ1n) is 6.69. The molecule has 1 atom stereocenters. The molecule has 5 nitrogen and oxygen atoms in total. The van der Waals surface area contributed by atoms with E-state index in [-0.39, 0.29) is 24.6 Å². The SMILES string of the molecule is O=C(NCC1CN(c2cccs2)C(=O)O1)c1cccc(Cl)c1. The summed E-state index contributed by atoms with van der Waals surface area (Å²) in [4.78, 5) is 25.4. The fraction of sp³-hybridized carbons (Fsp3) is 0.200. The highest BCUT2D eigenvalue weighted by Gasteiger charge is 2.32. The van der Waals surface area contributed by atoms with E-state index in [1.807, 2.05) is 17.5 Å². The highest BCUT2D eigenvalue weighted by Crippen LogP contribution is 2.26. The van der Waals surface area contributed by atoms with Crippen molar-refractivity contribution in [1.82, 2.24) is 5.32 Å². The Morgan fingerprint density at radius 1 is 1.41 bits per heavy atom. The third-order valence-corrected chi connectivity index (χ3v) is 4.35. The number of nitrogens with zero attached hydrogens (tertiary/aromatic N) is 1. The number of amides is 2. The highest BCUT2D eigenvalue weighted by molar-refractivity contribution is 7.14. The average Bonchev–Trinajstić information content (AvgIpc) is 3.14. The van der Waals surface area contributed by atoms with Gasteiger partial charge in [0.05, 0.1) is 13.1 Å². The summed E-state index contributed by atoms with van der Waals surface area (Å²) < 4.78 is 5.26. The minimum atomic E-state index is -0.385. The van der Waals surface area contributed by atoms with Crippen molar-refractivity contribution in [2.24, 2.45) is 0 Å². The van der Waals surface area contributed by atoms with Gasteiger partial charge in [-0.05, 0) is 35.7 Å². The largest absolute Gasteiger partial charge is 0.442 e. The van der Waals surface area contributed by atoms with Crippen LogP contribution in [0.1, 0.15) is 10.4 Å². The van der Waals surface area contributed by atoms with Gasteiger partial charge in [0.25, 0.3) is 5.91 Å². The molecule has 114 valence electrons. The summed E-state index contributed by atoms with van der Waals surface area (Å²) in [7, 11) is 0. The Kier molecular flexibility index (Phi) is 4.31. The van der Waals surface area contributed by atoms with Crippen LogP contribution in [0.2, 0.25) is 5.02 Å². The maximum absolute atomic E-state index is 12.0. The van der Waals surface area contributed by atoms with E-state index in [0.29, 0.717) is 17.1 Å². The van der Waals surface area contributed by atoms with Gasteiger partial charge in [-0.3, -0.25) is 9.69 Å². The summed E-state index contributed by atoms with van der Waals surface area (Å²) in [5.74, 6) is -0.242. The van der Waals surface area contributed by atoms with Gasteiger partial charge in [-0.2, -0.15) is 0 Å². The molecule has 0 aliphatic carbocycles. The number of anilines is 1. The Labute approximate surface area is 136 Å². The number of halogens is 1. The predicted molar refractivity (Wildman–Crippen MR) is 85.7 cm³/mol.